The van der Waals surface area contributed by atoms with Crippen molar-refractivity contribution in [3.63, 3.8) is 0 Å². The molecule has 0 aliphatic heterocycles. The second kappa shape index (κ2) is 3.12. The molecule has 12 heavy (non-hydrogen) atoms. The summed E-state index contributed by atoms with van der Waals surface area (Å²) in [6, 6.07) is 0. The molecule has 1 heterocycles. The Morgan fingerprint density at radius 2 is 2.00 bits per heavy atom. The zero-order chi connectivity index (χ0) is 9.14. The summed E-state index contributed by atoms with van der Waals surface area (Å²) < 4.78 is 0. The van der Waals surface area contributed by atoms with Gasteiger partial charge in [0.05, 0.1) is 0 Å². The molecular formula is C6H7N3O3. The van der Waals surface area contributed by atoms with Gasteiger partial charge in [-0.05, 0) is 19.0 Å². The molecule has 6 heteroatoms. The fraction of sp³-hybridized carbons (Fsp3) is 0.333. The van der Waals surface area contributed by atoms with Crippen LogP contribution in [0, 0.1) is 23.7 Å². The Kier molecular flexibility index (Phi) is 2.18. The monoisotopic (exact) mass is 169 g/mol. The van der Waals surface area contributed by atoms with E-state index in [1.807, 2.05) is 0 Å². The molecule has 64 valence electrons. The maximum atomic E-state index is 10.2. The Morgan fingerprint density at radius 3 is 2.42 bits per heavy atom. The van der Waals surface area contributed by atoms with Crippen molar-refractivity contribution < 1.29 is 4.84 Å². The number of aromatic amines is 1. The fourth-order valence-corrected chi connectivity index (χ4v) is 0.978. The largest absolute Gasteiger partial charge is 0.325 e. The van der Waals surface area contributed by atoms with Gasteiger partial charge in [-0.1, -0.05) is 0 Å². The molecule has 0 fully saturated rings. The van der Waals surface area contributed by atoms with Gasteiger partial charge in [-0.15, -0.1) is 9.81 Å². The summed E-state index contributed by atoms with van der Waals surface area (Å²) in [5.41, 5.74) is 1.30. The van der Waals surface area contributed by atoms with Gasteiger partial charge >= 0.3 is 0 Å². The second-order valence-electron chi connectivity index (χ2n) is 2.31. The molecule has 0 saturated heterocycles. The first-order valence-corrected chi connectivity index (χ1v) is 3.23. The van der Waals surface area contributed by atoms with Crippen LogP contribution >= 0.6 is 0 Å². The summed E-state index contributed by atoms with van der Waals surface area (Å²) in [4.78, 5) is 26.9. The molecule has 0 amide bonds. The van der Waals surface area contributed by atoms with E-state index in [9.17, 15) is 9.81 Å². The zero-order valence-corrected chi connectivity index (χ0v) is 6.62. The topological polar surface area (TPSA) is 83.9 Å². The normalized spacial score (nSPS) is 9.50. The van der Waals surface area contributed by atoms with Crippen molar-refractivity contribution in [2.45, 2.75) is 13.8 Å². The number of nitrogens with one attached hydrogen (secondary N) is 1. The number of aromatic nitrogens is 1. The van der Waals surface area contributed by atoms with Crippen molar-refractivity contribution in [2.24, 2.45) is 10.5 Å². The van der Waals surface area contributed by atoms with Gasteiger partial charge in [0.25, 0.3) is 0 Å². The molecule has 0 spiro atoms. The summed E-state index contributed by atoms with van der Waals surface area (Å²) >= 11 is 0. The van der Waals surface area contributed by atoms with Gasteiger partial charge in [-0.25, -0.2) is 0 Å². The van der Waals surface area contributed by atoms with Gasteiger partial charge in [0, 0.05) is 11.3 Å². The van der Waals surface area contributed by atoms with E-state index in [2.05, 4.69) is 20.3 Å². The average Bonchev–Trinajstić information content (AvgIpc) is 2.29. The molecule has 0 bridgehead atoms. The smallest absolute Gasteiger partial charge is 0.236 e. The summed E-state index contributed by atoms with van der Waals surface area (Å²) in [5.74, 6) is 0.164. The summed E-state index contributed by atoms with van der Waals surface area (Å²) in [6.07, 6.45) is 0. The van der Waals surface area contributed by atoms with Crippen LogP contribution in [0.15, 0.2) is 10.5 Å². The molecule has 0 saturated carbocycles. The van der Waals surface area contributed by atoms with Crippen LogP contribution in [-0.2, 0) is 0 Å². The van der Waals surface area contributed by atoms with Gasteiger partial charge in [0.1, 0.15) is 5.69 Å². The van der Waals surface area contributed by atoms with Crippen molar-refractivity contribution >= 4 is 5.69 Å². The lowest BCUT2D eigenvalue weighted by Gasteiger charge is -1.89. The van der Waals surface area contributed by atoms with Gasteiger partial charge in [-0.3, -0.25) is 0 Å². The SMILES string of the molecule is Cc1[nH]c(ON=O)c(C)c1N=O. The second-order valence-corrected chi connectivity index (χ2v) is 2.31. The summed E-state index contributed by atoms with van der Waals surface area (Å²) in [6.45, 7) is 3.27. The Balaban J connectivity index is 3.16. The molecule has 6 nitrogen and oxygen atoms in total. The highest BCUT2D eigenvalue weighted by atomic mass is 16.7. The van der Waals surface area contributed by atoms with E-state index in [0.717, 1.165) is 0 Å². The van der Waals surface area contributed by atoms with Crippen LogP contribution in [0.25, 0.3) is 0 Å². The number of rotatable bonds is 3. The van der Waals surface area contributed by atoms with Crippen molar-refractivity contribution in [1.82, 2.24) is 4.98 Å². The highest BCUT2D eigenvalue weighted by Gasteiger charge is 2.13. The van der Waals surface area contributed by atoms with Crippen molar-refractivity contribution in [3.05, 3.63) is 21.1 Å². The lowest BCUT2D eigenvalue weighted by atomic mass is 10.3. The van der Waals surface area contributed by atoms with Crippen LogP contribution in [0.5, 0.6) is 5.88 Å². The van der Waals surface area contributed by atoms with Crippen molar-refractivity contribution in [3.8, 4) is 5.88 Å². The number of nitroso groups, excluding NO2 is 1. The lowest BCUT2D eigenvalue weighted by Crippen LogP contribution is -1.81. The minimum absolute atomic E-state index is 0.164. The zero-order valence-electron chi connectivity index (χ0n) is 6.62. The molecule has 0 atom stereocenters. The van der Waals surface area contributed by atoms with Gasteiger partial charge in [0.2, 0.25) is 5.88 Å². The molecule has 1 aromatic heterocycles. The Labute approximate surface area is 67.8 Å². The van der Waals surface area contributed by atoms with Crippen LogP contribution in [-0.4, -0.2) is 4.98 Å². The first kappa shape index (κ1) is 8.38. The summed E-state index contributed by atoms with van der Waals surface area (Å²) in [5, 5.41) is 5.00. The molecule has 0 radical (unpaired) electrons. The third-order valence-electron chi connectivity index (χ3n) is 1.57. The standard InChI is InChI=1S/C6H7N3O3/c1-3-5(8-10)4(2)7-6(3)12-9-11/h7H,1-2H3. The van der Waals surface area contributed by atoms with E-state index in [4.69, 9.17) is 0 Å². The number of H-pyrrole nitrogens is 1. The van der Waals surface area contributed by atoms with Crippen LogP contribution in [0.4, 0.5) is 5.69 Å². The maximum absolute atomic E-state index is 10.2. The first-order valence-electron chi connectivity index (χ1n) is 3.23. The van der Waals surface area contributed by atoms with E-state index in [-0.39, 0.29) is 11.6 Å². The van der Waals surface area contributed by atoms with E-state index in [1.54, 1.807) is 13.8 Å². The molecule has 1 N–H and O–H groups in total. The van der Waals surface area contributed by atoms with Crippen LogP contribution in [0.2, 0.25) is 0 Å². The van der Waals surface area contributed by atoms with Gasteiger partial charge in [-0.2, -0.15) is 0 Å². The van der Waals surface area contributed by atoms with E-state index in [1.165, 1.54) is 0 Å². The predicted molar refractivity (Wildman–Crippen MR) is 42.1 cm³/mol. The number of aryl methyl sites for hydroxylation is 1. The van der Waals surface area contributed by atoms with Crippen LogP contribution in [0.1, 0.15) is 11.3 Å². The quantitative estimate of drug-likeness (QED) is 0.555. The maximum Gasteiger partial charge on any atom is 0.236 e. The number of nitrogens with zero attached hydrogens (tertiary/aromatic N) is 2. The molecule has 1 aromatic rings. The Morgan fingerprint density at radius 1 is 1.33 bits per heavy atom. The number of hydrogen-bond donors (Lipinski definition) is 1. The van der Waals surface area contributed by atoms with Crippen LogP contribution in [0.3, 0.4) is 0 Å². The average molecular weight is 169 g/mol. The molecule has 0 aliphatic carbocycles. The summed E-state index contributed by atoms with van der Waals surface area (Å²) in [7, 11) is 0. The Hall–Kier alpha value is -1.72. The van der Waals surface area contributed by atoms with Crippen molar-refractivity contribution in [1.29, 1.82) is 0 Å². The van der Waals surface area contributed by atoms with E-state index < -0.39 is 0 Å². The minimum atomic E-state index is 0.164. The van der Waals surface area contributed by atoms with E-state index >= 15 is 0 Å². The van der Waals surface area contributed by atoms with Gasteiger partial charge in [0.15, 0.2) is 5.34 Å². The highest BCUT2D eigenvalue weighted by molar-refractivity contribution is 5.55. The fourth-order valence-electron chi connectivity index (χ4n) is 0.978. The molecule has 0 unspecified atom stereocenters. The van der Waals surface area contributed by atoms with Crippen LogP contribution < -0.4 is 4.84 Å². The van der Waals surface area contributed by atoms with Gasteiger partial charge < -0.3 is 9.82 Å². The predicted octanol–water partition coefficient (Wildman–Crippen LogP) is 2.09. The molecular weight excluding hydrogens is 162 g/mol. The highest BCUT2D eigenvalue weighted by Crippen LogP contribution is 2.30. The minimum Gasteiger partial charge on any atom is -0.325 e. The number of hydrogen-bond acceptors (Lipinski definition) is 5. The third kappa shape index (κ3) is 1.18. The van der Waals surface area contributed by atoms with E-state index in [0.29, 0.717) is 11.3 Å². The third-order valence-corrected chi connectivity index (χ3v) is 1.57. The first-order chi connectivity index (χ1) is 5.70. The molecule has 1 rings (SSSR count). The molecule has 0 aromatic carbocycles. The van der Waals surface area contributed by atoms with Crippen molar-refractivity contribution in [2.75, 3.05) is 0 Å². The lowest BCUT2D eigenvalue weighted by molar-refractivity contribution is 0.320. The molecule has 0 aliphatic rings. The Bertz CT molecular complexity index is 318.